The summed E-state index contributed by atoms with van der Waals surface area (Å²) in [5, 5.41) is 9.18. The van der Waals surface area contributed by atoms with Crippen molar-refractivity contribution in [1.29, 1.82) is 0 Å². The molecule has 0 aromatic heterocycles. The van der Waals surface area contributed by atoms with E-state index in [9.17, 15) is 14.7 Å². The van der Waals surface area contributed by atoms with Crippen LogP contribution >= 0.6 is 0 Å². The van der Waals surface area contributed by atoms with Crippen LogP contribution in [-0.2, 0) is 22.4 Å². The van der Waals surface area contributed by atoms with Gasteiger partial charge >= 0.3 is 5.97 Å². The molecule has 0 amide bonds. The molecule has 1 aliphatic carbocycles. The Balaban J connectivity index is 1.63. The molecule has 0 spiro atoms. The molecule has 1 N–H and O–H groups in total. The Morgan fingerprint density at radius 3 is 1.90 bits per heavy atom. The van der Waals surface area contributed by atoms with E-state index in [2.05, 4.69) is 24.3 Å². The number of aryl methyl sites for hydroxylation is 2. The number of carboxylic acids is 1. The third kappa shape index (κ3) is 7.60. The fourth-order valence-corrected chi connectivity index (χ4v) is 4.27. The highest BCUT2D eigenvalue weighted by molar-refractivity contribution is 5.84. The van der Waals surface area contributed by atoms with Gasteiger partial charge in [0.2, 0.25) is 0 Å². The molecule has 2 rings (SSSR count). The van der Waals surface area contributed by atoms with Crippen molar-refractivity contribution in [2.75, 3.05) is 0 Å². The zero-order chi connectivity index (χ0) is 21.3. The third-order valence-electron chi connectivity index (χ3n) is 6.90. The van der Waals surface area contributed by atoms with Gasteiger partial charge in [-0.1, -0.05) is 56.4 Å². The van der Waals surface area contributed by atoms with E-state index in [4.69, 9.17) is 0 Å². The van der Waals surface area contributed by atoms with E-state index in [1.807, 2.05) is 13.8 Å². The summed E-state index contributed by atoms with van der Waals surface area (Å²) in [6.45, 7) is 5.39. The number of aliphatic carboxylic acids is 1. The van der Waals surface area contributed by atoms with E-state index in [1.165, 1.54) is 36.8 Å². The Morgan fingerprint density at radius 1 is 0.897 bits per heavy atom. The van der Waals surface area contributed by atoms with Crippen LogP contribution in [0.15, 0.2) is 24.3 Å². The maximum Gasteiger partial charge on any atom is 0.309 e. The van der Waals surface area contributed by atoms with Gasteiger partial charge in [-0.25, -0.2) is 0 Å². The van der Waals surface area contributed by atoms with Gasteiger partial charge in [-0.05, 0) is 83.3 Å². The SMILES string of the molecule is CC(=O)C1(CCCCCc2ccccc2CCCCCCC(C)(C)C(=O)O)CC1. The molecule has 1 fully saturated rings. The maximum absolute atomic E-state index is 11.7. The smallest absolute Gasteiger partial charge is 0.309 e. The molecular formula is C26H40O3. The molecule has 0 aliphatic heterocycles. The molecule has 0 unspecified atom stereocenters. The quantitative estimate of drug-likeness (QED) is 0.331. The van der Waals surface area contributed by atoms with Crippen molar-refractivity contribution in [3.8, 4) is 0 Å². The first-order chi connectivity index (χ1) is 13.8. The van der Waals surface area contributed by atoms with Gasteiger partial charge in [-0.3, -0.25) is 9.59 Å². The van der Waals surface area contributed by atoms with Crippen LogP contribution in [0.25, 0.3) is 0 Å². The Kier molecular flexibility index (Phi) is 8.92. The van der Waals surface area contributed by atoms with Gasteiger partial charge in [0.25, 0.3) is 0 Å². The van der Waals surface area contributed by atoms with Crippen LogP contribution in [0.2, 0.25) is 0 Å². The van der Waals surface area contributed by atoms with Crippen LogP contribution in [0.1, 0.15) is 103 Å². The highest BCUT2D eigenvalue weighted by Crippen LogP contribution is 2.50. The second-order valence-corrected chi connectivity index (χ2v) is 9.77. The summed E-state index contributed by atoms with van der Waals surface area (Å²) in [7, 11) is 0. The number of carbonyl (C=O) groups is 2. The van der Waals surface area contributed by atoms with Crippen LogP contribution in [0.5, 0.6) is 0 Å². The molecule has 1 saturated carbocycles. The fraction of sp³-hybridized carbons (Fsp3) is 0.692. The molecule has 162 valence electrons. The van der Waals surface area contributed by atoms with Crippen LogP contribution < -0.4 is 0 Å². The van der Waals surface area contributed by atoms with Crippen LogP contribution in [0, 0.1) is 10.8 Å². The molecule has 0 bridgehead atoms. The van der Waals surface area contributed by atoms with Crippen molar-refractivity contribution in [2.45, 2.75) is 104 Å². The minimum atomic E-state index is -0.694. The topological polar surface area (TPSA) is 54.4 Å². The normalized spacial score (nSPS) is 15.3. The van der Waals surface area contributed by atoms with E-state index in [0.717, 1.165) is 57.8 Å². The van der Waals surface area contributed by atoms with E-state index in [-0.39, 0.29) is 5.41 Å². The largest absolute Gasteiger partial charge is 0.481 e. The number of Topliss-reactive ketones (excluding diaryl/α,β-unsaturated/α-hetero) is 1. The second kappa shape index (κ2) is 10.9. The second-order valence-electron chi connectivity index (χ2n) is 9.77. The average Bonchev–Trinajstić information content (AvgIpc) is 3.46. The Labute approximate surface area is 177 Å². The Hall–Kier alpha value is -1.64. The van der Waals surface area contributed by atoms with Crippen molar-refractivity contribution < 1.29 is 14.7 Å². The first-order valence-corrected chi connectivity index (χ1v) is 11.6. The number of benzene rings is 1. The van der Waals surface area contributed by atoms with Crippen LogP contribution in [-0.4, -0.2) is 16.9 Å². The van der Waals surface area contributed by atoms with Gasteiger partial charge < -0.3 is 5.11 Å². The van der Waals surface area contributed by atoms with Crippen molar-refractivity contribution in [1.82, 2.24) is 0 Å². The lowest BCUT2D eigenvalue weighted by molar-refractivity contribution is -0.147. The molecule has 0 saturated heterocycles. The molecule has 0 atom stereocenters. The summed E-state index contributed by atoms with van der Waals surface area (Å²) in [6.07, 6.45) is 14.3. The number of ketones is 1. The van der Waals surface area contributed by atoms with E-state index in [0.29, 0.717) is 5.78 Å². The fourth-order valence-electron chi connectivity index (χ4n) is 4.27. The minimum Gasteiger partial charge on any atom is -0.481 e. The predicted molar refractivity (Wildman–Crippen MR) is 119 cm³/mol. The minimum absolute atomic E-state index is 0.0671. The van der Waals surface area contributed by atoms with Crippen LogP contribution in [0.4, 0.5) is 0 Å². The summed E-state index contributed by atoms with van der Waals surface area (Å²) in [6, 6.07) is 8.81. The summed E-state index contributed by atoms with van der Waals surface area (Å²) in [5.74, 6) is -0.297. The highest BCUT2D eigenvalue weighted by Gasteiger charge is 2.46. The standard InChI is InChI=1S/C26H40O3/c1-21(27)26(19-20-26)18-12-6-8-14-23-16-10-9-15-22(23)13-7-4-5-11-17-25(2,3)24(28)29/h9-10,15-16H,4-8,11-14,17-20H2,1-3H3,(H,28,29). The van der Waals surface area contributed by atoms with Gasteiger partial charge in [-0.2, -0.15) is 0 Å². The van der Waals surface area contributed by atoms with Gasteiger partial charge in [0.05, 0.1) is 5.41 Å². The van der Waals surface area contributed by atoms with E-state index in [1.54, 1.807) is 6.92 Å². The highest BCUT2D eigenvalue weighted by atomic mass is 16.4. The first kappa shape index (κ1) is 23.6. The first-order valence-electron chi connectivity index (χ1n) is 11.6. The average molecular weight is 401 g/mol. The van der Waals surface area contributed by atoms with Crippen molar-refractivity contribution in [2.24, 2.45) is 10.8 Å². The number of rotatable bonds is 15. The zero-order valence-electron chi connectivity index (χ0n) is 18.8. The van der Waals surface area contributed by atoms with E-state index < -0.39 is 11.4 Å². The molecule has 3 heteroatoms. The zero-order valence-corrected chi connectivity index (χ0v) is 18.8. The molecule has 1 aliphatic rings. The lowest BCUT2D eigenvalue weighted by Crippen LogP contribution is -2.23. The summed E-state index contributed by atoms with van der Waals surface area (Å²) in [4.78, 5) is 22.8. The van der Waals surface area contributed by atoms with Gasteiger partial charge in [0, 0.05) is 5.41 Å². The number of hydrogen-bond donors (Lipinski definition) is 1. The molecule has 29 heavy (non-hydrogen) atoms. The summed E-state index contributed by atoms with van der Waals surface area (Å²) in [5.41, 5.74) is 2.42. The lowest BCUT2D eigenvalue weighted by atomic mass is 9.87. The number of carbonyl (C=O) groups excluding carboxylic acids is 1. The molecule has 1 aromatic rings. The van der Waals surface area contributed by atoms with E-state index >= 15 is 0 Å². The molecule has 1 aromatic carbocycles. The summed E-state index contributed by atoms with van der Waals surface area (Å²) >= 11 is 0. The molecule has 3 nitrogen and oxygen atoms in total. The number of hydrogen-bond acceptors (Lipinski definition) is 2. The van der Waals surface area contributed by atoms with Gasteiger partial charge in [0.1, 0.15) is 5.78 Å². The maximum atomic E-state index is 11.7. The number of unbranched alkanes of at least 4 members (excludes halogenated alkanes) is 5. The third-order valence-corrected chi connectivity index (χ3v) is 6.90. The van der Waals surface area contributed by atoms with Gasteiger partial charge in [-0.15, -0.1) is 0 Å². The monoisotopic (exact) mass is 400 g/mol. The van der Waals surface area contributed by atoms with Gasteiger partial charge in [0.15, 0.2) is 0 Å². The lowest BCUT2D eigenvalue weighted by Gasteiger charge is -2.18. The van der Waals surface area contributed by atoms with Crippen LogP contribution in [0.3, 0.4) is 0 Å². The van der Waals surface area contributed by atoms with Crippen molar-refractivity contribution in [3.05, 3.63) is 35.4 Å². The predicted octanol–water partition coefficient (Wildman–Crippen LogP) is 6.76. The molecule has 0 heterocycles. The number of carboxylic acid groups (broad SMARTS) is 1. The Morgan fingerprint density at radius 2 is 1.41 bits per heavy atom. The summed E-state index contributed by atoms with van der Waals surface area (Å²) < 4.78 is 0. The Bertz CT molecular complexity index is 670. The molecule has 0 radical (unpaired) electrons. The van der Waals surface area contributed by atoms with Crippen molar-refractivity contribution in [3.63, 3.8) is 0 Å². The van der Waals surface area contributed by atoms with Crippen molar-refractivity contribution >= 4 is 11.8 Å². The molecular weight excluding hydrogens is 360 g/mol.